The molecule has 0 saturated carbocycles. The van der Waals surface area contributed by atoms with E-state index in [1.807, 2.05) is 6.92 Å². The standard InChI is InChI=1S/C7H12N2O2/c1-2-5-3-4-9(6(5)10)7(8)11/h5H,2-4H2,1H3,(H2,8,11). The summed E-state index contributed by atoms with van der Waals surface area (Å²) in [5.74, 6) is -0.0949. The number of likely N-dealkylation sites (tertiary alicyclic amines) is 1. The van der Waals surface area contributed by atoms with E-state index in [-0.39, 0.29) is 11.8 Å². The summed E-state index contributed by atoms with van der Waals surface area (Å²) in [6, 6.07) is -0.619. The quantitative estimate of drug-likeness (QED) is 0.594. The molecule has 62 valence electrons. The van der Waals surface area contributed by atoms with Gasteiger partial charge < -0.3 is 5.73 Å². The molecule has 4 heteroatoms. The molecule has 0 aromatic heterocycles. The summed E-state index contributed by atoms with van der Waals surface area (Å²) in [4.78, 5) is 22.9. The minimum absolute atomic E-state index is 0.0162. The molecule has 1 unspecified atom stereocenters. The van der Waals surface area contributed by atoms with Gasteiger partial charge in [-0.1, -0.05) is 6.92 Å². The maximum absolute atomic E-state index is 11.2. The average Bonchev–Trinajstić information content (AvgIpc) is 2.30. The van der Waals surface area contributed by atoms with Crippen LogP contribution in [-0.2, 0) is 4.79 Å². The van der Waals surface area contributed by atoms with E-state index >= 15 is 0 Å². The van der Waals surface area contributed by atoms with Gasteiger partial charge in [0.15, 0.2) is 0 Å². The van der Waals surface area contributed by atoms with Gasteiger partial charge in [-0.25, -0.2) is 4.79 Å². The van der Waals surface area contributed by atoms with E-state index in [4.69, 9.17) is 5.73 Å². The molecule has 0 spiro atoms. The van der Waals surface area contributed by atoms with Crippen molar-refractivity contribution < 1.29 is 9.59 Å². The molecule has 0 aromatic carbocycles. The third-order valence-electron chi connectivity index (χ3n) is 2.08. The van der Waals surface area contributed by atoms with Crippen molar-refractivity contribution >= 4 is 11.9 Å². The number of carbonyl (C=O) groups is 2. The van der Waals surface area contributed by atoms with Gasteiger partial charge in [-0.05, 0) is 12.8 Å². The Morgan fingerprint density at radius 3 is 2.73 bits per heavy atom. The Bertz CT molecular complexity index is 191. The molecular weight excluding hydrogens is 144 g/mol. The number of rotatable bonds is 1. The van der Waals surface area contributed by atoms with Crippen LogP contribution in [0, 0.1) is 5.92 Å². The van der Waals surface area contributed by atoms with Crippen LogP contribution in [0.4, 0.5) is 4.79 Å². The number of imide groups is 1. The third-order valence-corrected chi connectivity index (χ3v) is 2.08. The van der Waals surface area contributed by atoms with Crippen LogP contribution in [0.1, 0.15) is 19.8 Å². The van der Waals surface area contributed by atoms with Gasteiger partial charge >= 0.3 is 6.03 Å². The van der Waals surface area contributed by atoms with Crippen LogP contribution in [0.15, 0.2) is 0 Å². The fraction of sp³-hybridized carbons (Fsp3) is 0.714. The van der Waals surface area contributed by atoms with E-state index < -0.39 is 6.03 Å². The van der Waals surface area contributed by atoms with E-state index in [1.54, 1.807) is 0 Å². The monoisotopic (exact) mass is 156 g/mol. The zero-order chi connectivity index (χ0) is 8.43. The Morgan fingerprint density at radius 2 is 2.45 bits per heavy atom. The first-order valence-electron chi connectivity index (χ1n) is 3.77. The number of nitrogens with two attached hydrogens (primary N) is 1. The summed E-state index contributed by atoms with van der Waals surface area (Å²) in [6.07, 6.45) is 1.56. The number of primary amides is 1. The highest BCUT2D eigenvalue weighted by Gasteiger charge is 2.32. The zero-order valence-electron chi connectivity index (χ0n) is 6.54. The van der Waals surface area contributed by atoms with Crippen molar-refractivity contribution in [1.29, 1.82) is 0 Å². The van der Waals surface area contributed by atoms with E-state index in [2.05, 4.69) is 0 Å². The number of nitrogens with zero attached hydrogens (tertiary/aromatic N) is 1. The van der Waals surface area contributed by atoms with Crippen molar-refractivity contribution in [3.8, 4) is 0 Å². The molecule has 0 bridgehead atoms. The van der Waals surface area contributed by atoms with E-state index in [9.17, 15) is 9.59 Å². The zero-order valence-corrected chi connectivity index (χ0v) is 6.54. The fourth-order valence-electron chi connectivity index (χ4n) is 1.34. The van der Waals surface area contributed by atoms with Gasteiger partial charge in [0.05, 0.1) is 0 Å². The minimum Gasteiger partial charge on any atom is -0.351 e. The lowest BCUT2D eigenvalue weighted by Gasteiger charge is -2.09. The van der Waals surface area contributed by atoms with Crippen molar-refractivity contribution in [2.24, 2.45) is 11.7 Å². The van der Waals surface area contributed by atoms with Crippen LogP contribution < -0.4 is 5.73 Å². The number of hydrogen-bond donors (Lipinski definition) is 1. The largest absolute Gasteiger partial charge is 0.351 e. The first-order chi connectivity index (χ1) is 5.16. The molecule has 11 heavy (non-hydrogen) atoms. The van der Waals surface area contributed by atoms with E-state index in [1.165, 1.54) is 0 Å². The second-order valence-electron chi connectivity index (χ2n) is 2.72. The molecule has 1 aliphatic heterocycles. The average molecular weight is 156 g/mol. The maximum Gasteiger partial charge on any atom is 0.321 e. The van der Waals surface area contributed by atoms with Gasteiger partial charge in [0.1, 0.15) is 0 Å². The predicted octanol–water partition coefficient (Wildman–Crippen LogP) is 0.324. The smallest absolute Gasteiger partial charge is 0.321 e. The highest BCUT2D eigenvalue weighted by atomic mass is 16.2. The van der Waals surface area contributed by atoms with Gasteiger partial charge in [0, 0.05) is 12.5 Å². The van der Waals surface area contributed by atoms with Gasteiger partial charge in [-0.3, -0.25) is 9.69 Å². The number of amides is 3. The summed E-state index contributed by atoms with van der Waals surface area (Å²) in [6.45, 7) is 2.43. The van der Waals surface area contributed by atoms with Crippen LogP contribution in [-0.4, -0.2) is 23.4 Å². The van der Waals surface area contributed by atoms with Gasteiger partial charge in [-0.2, -0.15) is 0 Å². The van der Waals surface area contributed by atoms with Crippen LogP contribution >= 0.6 is 0 Å². The fourth-order valence-corrected chi connectivity index (χ4v) is 1.34. The second-order valence-corrected chi connectivity index (χ2v) is 2.72. The second kappa shape index (κ2) is 2.90. The number of hydrogen-bond acceptors (Lipinski definition) is 2. The van der Waals surface area contributed by atoms with Crippen molar-refractivity contribution in [1.82, 2.24) is 4.90 Å². The van der Waals surface area contributed by atoms with Gasteiger partial charge in [0.25, 0.3) is 0 Å². The topological polar surface area (TPSA) is 63.4 Å². The summed E-state index contributed by atoms with van der Waals surface area (Å²) in [7, 11) is 0. The van der Waals surface area contributed by atoms with E-state index in [0.29, 0.717) is 6.54 Å². The molecule has 2 N–H and O–H groups in total. The van der Waals surface area contributed by atoms with Crippen molar-refractivity contribution in [3.05, 3.63) is 0 Å². The van der Waals surface area contributed by atoms with Crippen molar-refractivity contribution in [2.45, 2.75) is 19.8 Å². The molecule has 0 aromatic rings. The summed E-state index contributed by atoms with van der Waals surface area (Å²) >= 11 is 0. The molecule has 3 amide bonds. The third kappa shape index (κ3) is 1.34. The molecular formula is C7H12N2O2. The molecule has 1 fully saturated rings. The van der Waals surface area contributed by atoms with Crippen LogP contribution in [0.3, 0.4) is 0 Å². The molecule has 4 nitrogen and oxygen atoms in total. The molecule has 0 radical (unpaired) electrons. The van der Waals surface area contributed by atoms with Gasteiger partial charge in [0.2, 0.25) is 5.91 Å². The minimum atomic E-state index is -0.619. The lowest BCUT2D eigenvalue weighted by atomic mass is 10.1. The van der Waals surface area contributed by atoms with Crippen molar-refractivity contribution in [2.75, 3.05) is 6.54 Å². The lowest BCUT2D eigenvalue weighted by Crippen LogP contribution is -2.37. The molecule has 0 aliphatic carbocycles. The van der Waals surface area contributed by atoms with E-state index in [0.717, 1.165) is 17.7 Å². The molecule has 1 atom stereocenters. The molecule has 1 aliphatic rings. The van der Waals surface area contributed by atoms with Crippen molar-refractivity contribution in [3.63, 3.8) is 0 Å². The first kappa shape index (κ1) is 8.04. The number of urea groups is 1. The molecule has 1 rings (SSSR count). The summed E-state index contributed by atoms with van der Waals surface area (Å²) < 4.78 is 0. The SMILES string of the molecule is CCC1CCN(C(N)=O)C1=O. The number of carbonyl (C=O) groups excluding carboxylic acids is 2. The Hall–Kier alpha value is -1.06. The van der Waals surface area contributed by atoms with Gasteiger partial charge in [-0.15, -0.1) is 0 Å². The Balaban J connectivity index is 2.63. The highest BCUT2D eigenvalue weighted by molar-refractivity contribution is 5.96. The normalized spacial score (nSPS) is 24.3. The first-order valence-corrected chi connectivity index (χ1v) is 3.77. The summed E-state index contributed by atoms with van der Waals surface area (Å²) in [5.41, 5.74) is 4.97. The van der Waals surface area contributed by atoms with Crippen LogP contribution in [0.25, 0.3) is 0 Å². The van der Waals surface area contributed by atoms with Crippen LogP contribution in [0.2, 0.25) is 0 Å². The Morgan fingerprint density at radius 1 is 1.82 bits per heavy atom. The lowest BCUT2D eigenvalue weighted by molar-refractivity contribution is -0.128. The molecule has 1 heterocycles. The summed E-state index contributed by atoms with van der Waals surface area (Å²) in [5, 5.41) is 0. The maximum atomic E-state index is 11.2. The highest BCUT2D eigenvalue weighted by Crippen LogP contribution is 2.19. The molecule has 1 saturated heterocycles. The Labute approximate surface area is 65.3 Å². The predicted molar refractivity (Wildman–Crippen MR) is 39.7 cm³/mol. The Kier molecular flexibility index (Phi) is 2.12. The van der Waals surface area contributed by atoms with Crippen LogP contribution in [0.5, 0.6) is 0 Å².